The molecule has 0 aromatic heterocycles. The van der Waals surface area contributed by atoms with Crippen molar-refractivity contribution in [2.45, 2.75) is 142 Å². The Hall–Kier alpha value is -0.240. The average molecular weight is 493 g/mol. The van der Waals surface area contributed by atoms with Gasteiger partial charge in [-0.1, -0.05) is 90.9 Å². The molecular weight excluding hydrogens is 432 g/mol. The third-order valence-corrected chi connectivity index (χ3v) is 6.10. The van der Waals surface area contributed by atoms with Gasteiger partial charge in [-0.05, 0) is 33.1 Å². The van der Waals surface area contributed by atoms with E-state index in [2.05, 4.69) is 13.8 Å². The van der Waals surface area contributed by atoms with E-state index in [0.717, 1.165) is 32.5 Å². The number of methoxy groups -OCH3 is 4. The lowest BCUT2D eigenvalue weighted by Crippen LogP contribution is -2.48. The highest BCUT2D eigenvalue weighted by Crippen LogP contribution is 2.24. The van der Waals surface area contributed by atoms with Crippen LogP contribution in [-0.4, -0.2) is 60.0 Å². The fourth-order valence-corrected chi connectivity index (χ4v) is 4.05. The molecule has 0 aromatic carbocycles. The van der Waals surface area contributed by atoms with Crippen LogP contribution < -0.4 is 0 Å². The maximum atomic E-state index is 5.51. The number of rotatable bonds is 24. The summed E-state index contributed by atoms with van der Waals surface area (Å²) in [7, 11) is 6.37. The monoisotopic (exact) mass is 492 g/mol. The van der Waals surface area contributed by atoms with Crippen LogP contribution >= 0.6 is 0 Å². The number of hydrogen-bond acceptors (Lipinski definition) is 6. The fraction of sp³-hybridized carbons (Fsp3) is 1.00. The summed E-state index contributed by atoms with van der Waals surface area (Å²) in [5.74, 6) is -1.09. The van der Waals surface area contributed by atoms with Crippen LogP contribution in [0.5, 0.6) is 0 Å². The van der Waals surface area contributed by atoms with Crippen LogP contribution in [0.3, 0.4) is 0 Å². The van der Waals surface area contributed by atoms with Gasteiger partial charge in [0.05, 0.1) is 0 Å². The Morgan fingerprint density at radius 3 is 1.24 bits per heavy atom. The lowest BCUT2D eigenvalue weighted by Gasteiger charge is -2.35. The molecule has 0 amide bonds. The van der Waals surface area contributed by atoms with Gasteiger partial charge in [0.15, 0.2) is 6.29 Å². The molecule has 0 aliphatic carbocycles. The van der Waals surface area contributed by atoms with Crippen LogP contribution in [0, 0.1) is 0 Å². The maximum absolute atomic E-state index is 5.51. The lowest BCUT2D eigenvalue weighted by atomic mass is 10.1. The van der Waals surface area contributed by atoms with E-state index in [9.17, 15) is 0 Å². The quantitative estimate of drug-likeness (QED) is 0.101. The normalized spacial score (nSPS) is 12.6. The second-order valence-electron chi connectivity index (χ2n) is 8.75. The first-order chi connectivity index (χ1) is 16.5. The Bertz CT molecular complexity index is 362. The lowest BCUT2D eigenvalue weighted by molar-refractivity contribution is -0.391. The van der Waals surface area contributed by atoms with Crippen LogP contribution in [-0.2, 0) is 28.4 Å². The fourth-order valence-electron chi connectivity index (χ4n) is 4.05. The van der Waals surface area contributed by atoms with Crippen molar-refractivity contribution in [3.8, 4) is 0 Å². The van der Waals surface area contributed by atoms with Crippen LogP contribution in [0.2, 0.25) is 0 Å². The van der Waals surface area contributed by atoms with Crippen molar-refractivity contribution >= 4 is 0 Å². The first-order valence-corrected chi connectivity index (χ1v) is 14.0. The van der Waals surface area contributed by atoms with E-state index in [1.165, 1.54) is 77.0 Å². The van der Waals surface area contributed by atoms with E-state index in [4.69, 9.17) is 28.4 Å². The minimum atomic E-state index is -1.09. The molecule has 34 heavy (non-hydrogen) atoms. The SMILES string of the molecule is CCCCCCCCC(OC)C(OC)(OC)OC.CCCCCCCCCC(OCC)OCC. The molecule has 1 unspecified atom stereocenters. The Morgan fingerprint density at radius 2 is 0.882 bits per heavy atom. The van der Waals surface area contributed by atoms with Gasteiger partial charge >= 0.3 is 5.97 Å². The van der Waals surface area contributed by atoms with Crippen molar-refractivity contribution in [1.82, 2.24) is 0 Å². The summed E-state index contributed by atoms with van der Waals surface area (Å²) in [6, 6.07) is 0. The van der Waals surface area contributed by atoms with E-state index < -0.39 is 5.97 Å². The summed E-state index contributed by atoms with van der Waals surface area (Å²) < 4.78 is 32.4. The predicted molar refractivity (Wildman–Crippen MR) is 142 cm³/mol. The molecule has 6 heteroatoms. The molecule has 0 radical (unpaired) electrons. The molecule has 0 bridgehead atoms. The largest absolute Gasteiger partial charge is 0.373 e. The Labute approximate surface area is 212 Å². The molecule has 0 rings (SSSR count). The molecule has 0 saturated carbocycles. The molecule has 0 aromatic rings. The van der Waals surface area contributed by atoms with Crippen molar-refractivity contribution in [2.75, 3.05) is 41.7 Å². The van der Waals surface area contributed by atoms with E-state index in [1.807, 2.05) is 13.8 Å². The molecule has 1 atom stereocenters. The first kappa shape index (κ1) is 35.9. The van der Waals surface area contributed by atoms with Gasteiger partial charge in [0.25, 0.3) is 0 Å². The van der Waals surface area contributed by atoms with Crippen LogP contribution in [0.4, 0.5) is 0 Å². The van der Waals surface area contributed by atoms with E-state index in [1.54, 1.807) is 28.4 Å². The van der Waals surface area contributed by atoms with Gasteiger partial charge in [-0.2, -0.15) is 0 Å². The first-order valence-electron chi connectivity index (χ1n) is 14.0. The summed E-state index contributed by atoms with van der Waals surface area (Å²) in [4.78, 5) is 0. The summed E-state index contributed by atoms with van der Waals surface area (Å²) in [6.07, 6.45) is 18.7. The number of hydrogen-bond donors (Lipinski definition) is 0. The smallest absolute Gasteiger partial charge is 0.310 e. The van der Waals surface area contributed by atoms with Crippen molar-refractivity contribution in [2.24, 2.45) is 0 Å². The number of ether oxygens (including phenoxy) is 6. The highest BCUT2D eigenvalue weighted by molar-refractivity contribution is 4.71. The zero-order chi connectivity index (χ0) is 25.9. The summed E-state index contributed by atoms with van der Waals surface area (Å²) in [5, 5.41) is 0. The molecule has 208 valence electrons. The van der Waals surface area contributed by atoms with Crippen LogP contribution in [0.25, 0.3) is 0 Å². The highest BCUT2D eigenvalue weighted by Gasteiger charge is 2.40. The van der Waals surface area contributed by atoms with Crippen molar-refractivity contribution in [1.29, 1.82) is 0 Å². The zero-order valence-electron chi connectivity index (χ0n) is 24.1. The van der Waals surface area contributed by atoms with Crippen molar-refractivity contribution < 1.29 is 28.4 Å². The highest BCUT2D eigenvalue weighted by atomic mass is 16.9. The van der Waals surface area contributed by atoms with Gasteiger partial charge in [0, 0.05) is 41.7 Å². The Morgan fingerprint density at radius 1 is 0.500 bits per heavy atom. The van der Waals surface area contributed by atoms with E-state index in [-0.39, 0.29) is 12.4 Å². The third-order valence-electron chi connectivity index (χ3n) is 6.10. The number of unbranched alkanes of at least 4 members (excludes halogenated alkanes) is 11. The molecule has 6 nitrogen and oxygen atoms in total. The van der Waals surface area contributed by atoms with Gasteiger partial charge in [0.1, 0.15) is 6.10 Å². The van der Waals surface area contributed by atoms with Gasteiger partial charge in [-0.3, -0.25) is 0 Å². The molecule has 0 N–H and O–H groups in total. The van der Waals surface area contributed by atoms with Crippen molar-refractivity contribution in [3.63, 3.8) is 0 Å². The van der Waals surface area contributed by atoms with Gasteiger partial charge in [-0.15, -0.1) is 0 Å². The maximum Gasteiger partial charge on any atom is 0.310 e. The topological polar surface area (TPSA) is 55.4 Å². The molecule has 0 spiro atoms. The standard InChI is InChI=1S/C14H30O4.C14H30O2/c1-6-7-8-9-10-11-12-13(15-2)14(16-3,17-4)18-5;1-4-7-8-9-10-11-12-13-14(15-5-2)16-6-3/h13H,6-12H2,1-5H3;14H,4-13H2,1-3H3. The minimum Gasteiger partial charge on any atom is -0.373 e. The molecule has 0 saturated heterocycles. The molecule has 0 aliphatic rings. The summed E-state index contributed by atoms with van der Waals surface area (Å²) >= 11 is 0. The van der Waals surface area contributed by atoms with Crippen LogP contribution in [0.15, 0.2) is 0 Å². The van der Waals surface area contributed by atoms with Gasteiger partial charge in [0.2, 0.25) is 0 Å². The third kappa shape index (κ3) is 19.0. The van der Waals surface area contributed by atoms with Crippen LogP contribution in [0.1, 0.15) is 124 Å². The molecular formula is C28H60O6. The second kappa shape index (κ2) is 27.3. The van der Waals surface area contributed by atoms with Crippen molar-refractivity contribution in [3.05, 3.63) is 0 Å². The zero-order valence-corrected chi connectivity index (χ0v) is 24.1. The molecule has 0 heterocycles. The Kier molecular flexibility index (Phi) is 28.9. The summed E-state index contributed by atoms with van der Waals surface area (Å²) in [6.45, 7) is 10.0. The van der Waals surface area contributed by atoms with E-state index in [0.29, 0.717) is 0 Å². The second-order valence-corrected chi connectivity index (χ2v) is 8.75. The summed E-state index contributed by atoms with van der Waals surface area (Å²) in [5.41, 5.74) is 0. The molecule has 0 fully saturated rings. The van der Waals surface area contributed by atoms with E-state index >= 15 is 0 Å². The average Bonchev–Trinajstić information content (AvgIpc) is 2.86. The predicted octanol–water partition coefficient (Wildman–Crippen LogP) is 7.87. The van der Waals surface area contributed by atoms with Gasteiger partial charge < -0.3 is 28.4 Å². The van der Waals surface area contributed by atoms with Gasteiger partial charge in [-0.25, -0.2) is 0 Å². The Balaban J connectivity index is 0. The molecule has 0 aliphatic heterocycles. The minimum absolute atomic E-state index is 0.0330.